The monoisotopic (exact) mass is 384 g/mol. The van der Waals surface area contributed by atoms with Crippen molar-refractivity contribution in [2.24, 2.45) is 34.5 Å². The molecule has 0 radical (unpaired) electrons. The topological polar surface area (TPSA) is 109 Å². The number of rotatable bonds is 0. The molecule has 4 aliphatic carbocycles. The molecule has 0 aromatic rings. The predicted molar refractivity (Wildman–Crippen MR) is 95.8 cm³/mol. The molecule has 0 heterocycles. The molecule has 0 bridgehead atoms. The number of allylic oxidation sites excluding steroid dienone is 2. The standard InChI is InChI=1S/C19H26O2.H2O4S/c1-18-9-7-13(20)11-12(18)3-4-14-15-5-6-17(21)19(15,2)10-8-16(14)18;1-5(2,3)4/h7,9,12,14-16H,3-6,8,10-11H2,1-2H3;(H2,1,2,3,4)/t12?,14-,15-,16+,18-,19-;/m0./s1. The van der Waals surface area contributed by atoms with Crippen molar-refractivity contribution < 1.29 is 27.1 Å². The van der Waals surface area contributed by atoms with Crippen molar-refractivity contribution in [3.05, 3.63) is 12.2 Å². The van der Waals surface area contributed by atoms with Gasteiger partial charge in [-0.1, -0.05) is 19.9 Å². The quantitative estimate of drug-likeness (QED) is 0.620. The first-order valence-electron chi connectivity index (χ1n) is 9.40. The highest BCUT2D eigenvalue weighted by atomic mass is 32.3. The lowest BCUT2D eigenvalue weighted by molar-refractivity contribution is -0.135. The van der Waals surface area contributed by atoms with E-state index in [1.165, 1.54) is 19.3 Å². The Morgan fingerprint density at radius 2 is 1.69 bits per heavy atom. The zero-order valence-corrected chi connectivity index (χ0v) is 16.2. The molecule has 1 unspecified atom stereocenters. The number of fused-ring (bicyclic) bond motifs is 5. The van der Waals surface area contributed by atoms with E-state index in [0.29, 0.717) is 35.2 Å². The second-order valence-electron chi connectivity index (χ2n) is 8.89. The third-order valence-corrected chi connectivity index (χ3v) is 7.75. The first-order chi connectivity index (χ1) is 11.9. The van der Waals surface area contributed by atoms with E-state index in [-0.39, 0.29) is 10.8 Å². The van der Waals surface area contributed by atoms with Gasteiger partial charge in [0, 0.05) is 18.3 Å². The van der Waals surface area contributed by atoms with Gasteiger partial charge in [-0.25, -0.2) is 0 Å². The third kappa shape index (κ3) is 3.41. The van der Waals surface area contributed by atoms with Crippen LogP contribution in [-0.2, 0) is 20.0 Å². The number of carbonyl (C=O) groups excluding carboxylic acids is 2. The lowest BCUT2D eigenvalue weighted by Crippen LogP contribution is -2.52. The Bertz CT molecular complexity index is 733. The number of hydrogen-bond donors (Lipinski definition) is 2. The SMILES string of the molecule is C[C@]12C=CC(=O)CC1CC[C@@H]1[C@H]2CC[C@]2(C)C(=O)CC[C@@H]12.O=S(=O)(O)O. The highest BCUT2D eigenvalue weighted by molar-refractivity contribution is 7.79. The molecule has 7 heteroatoms. The average Bonchev–Trinajstić information content (AvgIpc) is 2.82. The Morgan fingerprint density at radius 3 is 2.35 bits per heavy atom. The van der Waals surface area contributed by atoms with Crippen molar-refractivity contribution in [3.63, 3.8) is 0 Å². The molecule has 4 rings (SSSR count). The molecule has 6 atom stereocenters. The van der Waals surface area contributed by atoms with Crippen LogP contribution in [0.5, 0.6) is 0 Å². The zero-order chi connectivity index (χ0) is 19.3. The minimum atomic E-state index is -4.67. The lowest BCUT2D eigenvalue weighted by atomic mass is 9.46. The van der Waals surface area contributed by atoms with E-state index in [0.717, 1.165) is 25.7 Å². The summed E-state index contributed by atoms with van der Waals surface area (Å²) in [6, 6.07) is 0. The van der Waals surface area contributed by atoms with Gasteiger partial charge in [0.25, 0.3) is 0 Å². The van der Waals surface area contributed by atoms with E-state index >= 15 is 0 Å². The molecule has 4 aliphatic rings. The number of carbonyl (C=O) groups is 2. The fourth-order valence-electron chi connectivity index (χ4n) is 6.41. The summed E-state index contributed by atoms with van der Waals surface area (Å²) in [5.74, 6) is 3.37. The van der Waals surface area contributed by atoms with E-state index < -0.39 is 10.4 Å². The second-order valence-corrected chi connectivity index (χ2v) is 9.78. The highest BCUT2D eigenvalue weighted by Gasteiger charge is 2.59. The molecule has 2 N–H and O–H groups in total. The summed E-state index contributed by atoms with van der Waals surface area (Å²) in [6.45, 7) is 4.62. The minimum Gasteiger partial charge on any atom is -0.299 e. The Balaban J connectivity index is 0.000000349. The molecule has 0 spiro atoms. The van der Waals surface area contributed by atoms with Crippen LogP contribution in [-0.4, -0.2) is 29.1 Å². The maximum absolute atomic E-state index is 12.4. The van der Waals surface area contributed by atoms with E-state index in [2.05, 4.69) is 19.9 Å². The average molecular weight is 384 g/mol. The van der Waals surface area contributed by atoms with Crippen molar-refractivity contribution in [2.75, 3.05) is 0 Å². The largest absolute Gasteiger partial charge is 0.394 e. The van der Waals surface area contributed by atoms with Gasteiger partial charge in [0.1, 0.15) is 5.78 Å². The summed E-state index contributed by atoms with van der Waals surface area (Å²) < 4.78 is 31.6. The Morgan fingerprint density at radius 1 is 1.04 bits per heavy atom. The van der Waals surface area contributed by atoms with Crippen LogP contribution in [0.4, 0.5) is 0 Å². The van der Waals surface area contributed by atoms with Gasteiger partial charge in [0.05, 0.1) is 0 Å². The molecular formula is C19H28O6S. The summed E-state index contributed by atoms with van der Waals surface area (Å²) in [5, 5.41) is 0. The summed E-state index contributed by atoms with van der Waals surface area (Å²) in [5.41, 5.74) is 0.169. The molecule has 0 amide bonds. The fourth-order valence-corrected chi connectivity index (χ4v) is 6.41. The first-order valence-corrected chi connectivity index (χ1v) is 10.8. The molecule has 0 aromatic carbocycles. The Kier molecular flexibility index (Phi) is 4.95. The van der Waals surface area contributed by atoms with Crippen LogP contribution in [0, 0.1) is 34.5 Å². The molecule has 0 aromatic heterocycles. The van der Waals surface area contributed by atoms with Crippen LogP contribution in [0.2, 0.25) is 0 Å². The molecule has 146 valence electrons. The Labute approximate surface area is 155 Å². The van der Waals surface area contributed by atoms with Gasteiger partial charge in [-0.05, 0) is 67.3 Å². The van der Waals surface area contributed by atoms with E-state index in [1.807, 2.05) is 6.08 Å². The number of ketones is 2. The molecule has 26 heavy (non-hydrogen) atoms. The third-order valence-electron chi connectivity index (χ3n) is 7.75. The number of hydrogen-bond acceptors (Lipinski definition) is 4. The minimum absolute atomic E-state index is 0.0292. The van der Waals surface area contributed by atoms with Crippen molar-refractivity contribution in [3.8, 4) is 0 Å². The van der Waals surface area contributed by atoms with Gasteiger partial charge in [-0.15, -0.1) is 0 Å². The van der Waals surface area contributed by atoms with Crippen LogP contribution in [0.3, 0.4) is 0 Å². The predicted octanol–water partition coefficient (Wildman–Crippen LogP) is 3.29. The van der Waals surface area contributed by atoms with Gasteiger partial charge in [0.15, 0.2) is 5.78 Å². The van der Waals surface area contributed by atoms with Crippen molar-refractivity contribution in [1.29, 1.82) is 0 Å². The fraction of sp³-hybridized carbons (Fsp3) is 0.789. The van der Waals surface area contributed by atoms with Gasteiger partial charge in [-0.3, -0.25) is 18.7 Å². The van der Waals surface area contributed by atoms with Crippen LogP contribution >= 0.6 is 0 Å². The van der Waals surface area contributed by atoms with E-state index in [1.54, 1.807) is 0 Å². The van der Waals surface area contributed by atoms with Gasteiger partial charge < -0.3 is 0 Å². The molecule has 6 nitrogen and oxygen atoms in total. The van der Waals surface area contributed by atoms with Crippen molar-refractivity contribution in [1.82, 2.24) is 0 Å². The zero-order valence-electron chi connectivity index (χ0n) is 15.3. The van der Waals surface area contributed by atoms with E-state index in [9.17, 15) is 9.59 Å². The summed E-state index contributed by atoms with van der Waals surface area (Å²) in [7, 11) is -4.67. The highest BCUT2D eigenvalue weighted by Crippen LogP contribution is 2.64. The van der Waals surface area contributed by atoms with Crippen LogP contribution in [0.1, 0.15) is 58.8 Å². The van der Waals surface area contributed by atoms with Gasteiger partial charge in [0.2, 0.25) is 0 Å². The van der Waals surface area contributed by atoms with Crippen molar-refractivity contribution >= 4 is 22.0 Å². The maximum atomic E-state index is 12.4. The van der Waals surface area contributed by atoms with Crippen LogP contribution < -0.4 is 0 Å². The molecule has 3 fully saturated rings. The summed E-state index contributed by atoms with van der Waals surface area (Å²) in [4.78, 5) is 24.1. The smallest absolute Gasteiger partial charge is 0.299 e. The van der Waals surface area contributed by atoms with Gasteiger partial charge >= 0.3 is 10.4 Å². The number of Topliss-reactive ketones (excluding diaryl/α,β-unsaturated/α-hetero) is 1. The second kappa shape index (κ2) is 6.53. The first kappa shape index (κ1) is 19.7. The van der Waals surface area contributed by atoms with Gasteiger partial charge in [-0.2, -0.15) is 8.42 Å². The van der Waals surface area contributed by atoms with Crippen LogP contribution in [0.15, 0.2) is 12.2 Å². The molecule has 3 saturated carbocycles. The molecular weight excluding hydrogens is 356 g/mol. The molecule has 0 aliphatic heterocycles. The Hall–Kier alpha value is -1.05. The normalized spacial score (nSPS) is 44.5. The summed E-state index contributed by atoms with van der Waals surface area (Å²) in [6.07, 6.45) is 11.4. The lowest BCUT2D eigenvalue weighted by Gasteiger charge is -2.57. The summed E-state index contributed by atoms with van der Waals surface area (Å²) >= 11 is 0. The van der Waals surface area contributed by atoms with E-state index in [4.69, 9.17) is 17.5 Å². The van der Waals surface area contributed by atoms with Crippen LogP contribution in [0.25, 0.3) is 0 Å². The maximum Gasteiger partial charge on any atom is 0.394 e. The van der Waals surface area contributed by atoms with Crippen molar-refractivity contribution in [2.45, 2.75) is 58.8 Å². The molecule has 0 saturated heterocycles.